The Bertz CT molecular complexity index is 1110. The zero-order valence-corrected chi connectivity index (χ0v) is 18.0. The molecule has 0 aliphatic carbocycles. The van der Waals surface area contributed by atoms with Crippen LogP contribution in [0.4, 0.5) is 11.4 Å². The molecular formula is C24H18N2O2Zr. The molecule has 0 fully saturated rings. The van der Waals surface area contributed by atoms with E-state index < -0.39 is 0 Å². The van der Waals surface area contributed by atoms with Crippen molar-refractivity contribution in [2.75, 3.05) is 0 Å². The summed E-state index contributed by atoms with van der Waals surface area (Å²) in [6.45, 7) is 0. The van der Waals surface area contributed by atoms with Crippen molar-refractivity contribution < 1.29 is 36.4 Å². The SMILES string of the molecule is Oc1ccccc1C=Nc1cc2ccccc2cc1N=Cc1ccccc1O.[Zr]. The van der Waals surface area contributed by atoms with Gasteiger partial charge < -0.3 is 10.2 Å². The zero-order chi connectivity index (χ0) is 19.3. The van der Waals surface area contributed by atoms with Crippen LogP contribution in [0.5, 0.6) is 11.5 Å². The maximum absolute atomic E-state index is 9.96. The van der Waals surface area contributed by atoms with E-state index in [0.29, 0.717) is 22.5 Å². The number of nitrogens with zero attached hydrogens (tertiary/aromatic N) is 2. The molecule has 0 radical (unpaired) electrons. The molecule has 29 heavy (non-hydrogen) atoms. The number of aromatic hydroxyl groups is 2. The van der Waals surface area contributed by atoms with E-state index in [1.807, 2.05) is 48.5 Å². The largest absolute Gasteiger partial charge is 0.507 e. The summed E-state index contributed by atoms with van der Waals surface area (Å²) < 4.78 is 0. The van der Waals surface area contributed by atoms with Crippen molar-refractivity contribution in [2.45, 2.75) is 0 Å². The first-order valence-corrected chi connectivity index (χ1v) is 8.87. The molecule has 2 N–H and O–H groups in total. The van der Waals surface area contributed by atoms with Gasteiger partial charge in [0, 0.05) is 49.8 Å². The molecule has 0 aromatic heterocycles. The molecule has 4 nitrogen and oxygen atoms in total. The minimum Gasteiger partial charge on any atom is -0.507 e. The first kappa shape index (κ1) is 20.7. The average Bonchev–Trinajstić information content (AvgIpc) is 2.72. The molecule has 0 heterocycles. The number of aliphatic imine (C=N–C) groups is 2. The molecule has 0 spiro atoms. The van der Waals surface area contributed by atoms with Gasteiger partial charge in [-0.05, 0) is 47.2 Å². The van der Waals surface area contributed by atoms with E-state index in [0.717, 1.165) is 10.8 Å². The smallest absolute Gasteiger partial charge is 0.124 e. The molecule has 0 unspecified atom stereocenters. The Labute approximate surface area is 188 Å². The number of para-hydroxylation sites is 2. The quantitative estimate of drug-likeness (QED) is 0.383. The van der Waals surface area contributed by atoms with Gasteiger partial charge in [-0.15, -0.1) is 0 Å². The van der Waals surface area contributed by atoms with Gasteiger partial charge in [0.15, 0.2) is 0 Å². The van der Waals surface area contributed by atoms with E-state index in [4.69, 9.17) is 0 Å². The molecule has 4 aromatic carbocycles. The summed E-state index contributed by atoms with van der Waals surface area (Å²) in [5, 5.41) is 22.0. The number of hydrogen-bond donors (Lipinski definition) is 2. The van der Waals surface area contributed by atoms with Gasteiger partial charge in [-0.2, -0.15) is 0 Å². The van der Waals surface area contributed by atoms with Crippen LogP contribution in [0.3, 0.4) is 0 Å². The number of phenols is 2. The predicted octanol–water partition coefficient (Wildman–Crippen LogP) is 5.75. The van der Waals surface area contributed by atoms with Crippen molar-refractivity contribution in [2.24, 2.45) is 9.98 Å². The fourth-order valence-corrected chi connectivity index (χ4v) is 2.89. The van der Waals surface area contributed by atoms with Crippen molar-refractivity contribution in [3.63, 3.8) is 0 Å². The summed E-state index contributed by atoms with van der Waals surface area (Å²) in [6.07, 6.45) is 3.25. The summed E-state index contributed by atoms with van der Waals surface area (Å²) in [7, 11) is 0. The third-order valence-electron chi connectivity index (χ3n) is 4.40. The van der Waals surface area contributed by atoms with Crippen LogP contribution in [-0.4, -0.2) is 22.6 Å². The molecule has 4 aromatic rings. The van der Waals surface area contributed by atoms with E-state index in [2.05, 4.69) is 9.98 Å². The van der Waals surface area contributed by atoms with Crippen LogP contribution in [0.15, 0.2) is 94.9 Å². The molecule has 0 saturated carbocycles. The van der Waals surface area contributed by atoms with Gasteiger partial charge in [0.25, 0.3) is 0 Å². The Morgan fingerprint density at radius 2 is 0.931 bits per heavy atom. The standard InChI is InChI=1S/C24H18N2O2.Zr/c27-23-11-5-3-9-19(23)15-25-21-13-17-7-1-2-8-18(17)14-22(21)26-16-20-10-4-6-12-24(20)28;/h1-16,27-28H;. The van der Waals surface area contributed by atoms with Crippen LogP contribution >= 0.6 is 0 Å². The summed E-state index contributed by atoms with van der Waals surface area (Å²) in [5.41, 5.74) is 2.61. The van der Waals surface area contributed by atoms with Gasteiger partial charge in [-0.1, -0.05) is 48.5 Å². The molecule has 0 aliphatic heterocycles. The van der Waals surface area contributed by atoms with Gasteiger partial charge in [0.1, 0.15) is 11.5 Å². The predicted molar refractivity (Wildman–Crippen MR) is 115 cm³/mol. The average molecular weight is 458 g/mol. The van der Waals surface area contributed by atoms with Gasteiger partial charge in [0.2, 0.25) is 0 Å². The van der Waals surface area contributed by atoms with E-state index in [1.165, 1.54) is 0 Å². The van der Waals surface area contributed by atoms with Crippen LogP contribution < -0.4 is 0 Å². The number of rotatable bonds is 4. The number of hydrogen-bond acceptors (Lipinski definition) is 4. The van der Waals surface area contributed by atoms with Crippen LogP contribution in [0.1, 0.15) is 11.1 Å². The van der Waals surface area contributed by atoms with E-state index in [1.54, 1.807) is 48.8 Å². The maximum atomic E-state index is 9.96. The second-order valence-corrected chi connectivity index (χ2v) is 6.32. The van der Waals surface area contributed by atoms with Gasteiger partial charge in [-0.25, -0.2) is 0 Å². The van der Waals surface area contributed by atoms with Crippen molar-refractivity contribution in [3.8, 4) is 11.5 Å². The molecule has 0 aliphatic rings. The minimum absolute atomic E-state index is 0. The molecule has 0 saturated heterocycles. The molecular weight excluding hydrogens is 440 g/mol. The summed E-state index contributed by atoms with van der Waals surface area (Å²) in [5.74, 6) is 0.345. The number of fused-ring (bicyclic) bond motifs is 1. The topological polar surface area (TPSA) is 65.2 Å². The molecule has 5 heteroatoms. The molecule has 140 valence electrons. The first-order valence-electron chi connectivity index (χ1n) is 8.87. The van der Waals surface area contributed by atoms with Gasteiger partial charge in [0.05, 0.1) is 11.4 Å². The summed E-state index contributed by atoms with van der Waals surface area (Å²) in [6, 6.07) is 26.0. The fraction of sp³-hybridized carbons (Fsp3) is 0. The Morgan fingerprint density at radius 1 is 0.552 bits per heavy atom. The van der Waals surface area contributed by atoms with Gasteiger partial charge >= 0.3 is 0 Å². The van der Waals surface area contributed by atoms with Crippen LogP contribution in [0, 0.1) is 0 Å². The van der Waals surface area contributed by atoms with Crippen molar-refractivity contribution in [1.29, 1.82) is 0 Å². The summed E-state index contributed by atoms with van der Waals surface area (Å²) in [4.78, 5) is 9.12. The normalized spacial score (nSPS) is 11.2. The number of phenolic OH excluding ortho intramolecular Hbond substituents is 2. The Balaban J connectivity index is 0.00000240. The van der Waals surface area contributed by atoms with Crippen LogP contribution in [0.2, 0.25) is 0 Å². The van der Waals surface area contributed by atoms with Crippen molar-refractivity contribution >= 4 is 34.6 Å². The van der Waals surface area contributed by atoms with E-state index in [9.17, 15) is 10.2 Å². The maximum Gasteiger partial charge on any atom is 0.124 e. The van der Waals surface area contributed by atoms with E-state index in [-0.39, 0.29) is 37.7 Å². The summed E-state index contributed by atoms with van der Waals surface area (Å²) >= 11 is 0. The third-order valence-corrected chi connectivity index (χ3v) is 4.40. The second kappa shape index (κ2) is 9.44. The van der Waals surface area contributed by atoms with Crippen molar-refractivity contribution in [3.05, 3.63) is 96.1 Å². The monoisotopic (exact) mass is 456 g/mol. The molecule has 0 amide bonds. The Kier molecular flexibility index (Phi) is 6.74. The third kappa shape index (κ3) is 4.87. The molecule has 4 rings (SSSR count). The molecule has 0 atom stereocenters. The second-order valence-electron chi connectivity index (χ2n) is 6.32. The van der Waals surface area contributed by atoms with Gasteiger partial charge in [-0.3, -0.25) is 9.98 Å². The Hall–Kier alpha value is -3.04. The van der Waals surface area contributed by atoms with Crippen LogP contribution in [-0.2, 0) is 26.2 Å². The zero-order valence-electron chi connectivity index (χ0n) is 15.5. The molecule has 0 bridgehead atoms. The fourth-order valence-electron chi connectivity index (χ4n) is 2.89. The first-order chi connectivity index (χ1) is 13.7. The Morgan fingerprint density at radius 3 is 1.34 bits per heavy atom. The van der Waals surface area contributed by atoms with Crippen LogP contribution in [0.25, 0.3) is 10.8 Å². The number of benzene rings is 4. The minimum atomic E-state index is 0. The van der Waals surface area contributed by atoms with E-state index >= 15 is 0 Å². The van der Waals surface area contributed by atoms with Crippen molar-refractivity contribution in [1.82, 2.24) is 0 Å².